The first-order valence-electron chi connectivity index (χ1n) is 10.1. The Labute approximate surface area is 192 Å². The van der Waals surface area contributed by atoms with E-state index in [1.807, 2.05) is 24.3 Å². The number of sulfone groups is 1. The van der Waals surface area contributed by atoms with Crippen LogP contribution in [0.25, 0.3) is 0 Å². The van der Waals surface area contributed by atoms with Crippen molar-refractivity contribution in [3.05, 3.63) is 97.1 Å². The van der Waals surface area contributed by atoms with Crippen molar-refractivity contribution in [2.45, 2.75) is 9.79 Å². The largest absolute Gasteiger partial charge is 0.497 e. The third kappa shape index (κ3) is 5.27. The van der Waals surface area contributed by atoms with Crippen LogP contribution in [0.5, 0.6) is 34.5 Å². The minimum absolute atomic E-state index is 0.168. The topological polar surface area (TPSA) is 71.1 Å². The Kier molecular flexibility index (Phi) is 6.51. The van der Waals surface area contributed by atoms with Crippen molar-refractivity contribution >= 4 is 9.84 Å². The van der Waals surface area contributed by atoms with E-state index in [0.29, 0.717) is 34.5 Å². The van der Waals surface area contributed by atoms with Gasteiger partial charge in [-0.3, -0.25) is 0 Å². The molecule has 0 aliphatic heterocycles. The van der Waals surface area contributed by atoms with Gasteiger partial charge in [-0.05, 0) is 72.8 Å². The van der Waals surface area contributed by atoms with Crippen molar-refractivity contribution < 1.29 is 27.4 Å². The average molecular weight is 463 g/mol. The van der Waals surface area contributed by atoms with E-state index in [2.05, 4.69) is 0 Å². The zero-order valence-corrected chi connectivity index (χ0v) is 18.9. The number of hydrogen-bond donors (Lipinski definition) is 0. The van der Waals surface area contributed by atoms with Gasteiger partial charge >= 0.3 is 0 Å². The van der Waals surface area contributed by atoms with Crippen LogP contribution in [0.15, 0.2) is 107 Å². The van der Waals surface area contributed by atoms with Gasteiger partial charge in [-0.1, -0.05) is 12.1 Å². The van der Waals surface area contributed by atoms with Crippen molar-refractivity contribution in [3.63, 3.8) is 0 Å². The standard InChI is InChI=1S/C26H22O6S/c1-29-21-5-3-7-23(17-21)31-19-9-13-25(14-10-19)33(27,28)26-15-11-20(12-16-26)32-24-8-4-6-22(18-24)30-2/h3-18H,1-2H3. The lowest BCUT2D eigenvalue weighted by Gasteiger charge is -2.10. The molecular formula is C26H22O6S. The van der Waals surface area contributed by atoms with Gasteiger partial charge in [-0.15, -0.1) is 0 Å². The van der Waals surface area contributed by atoms with Crippen molar-refractivity contribution in [3.8, 4) is 34.5 Å². The lowest BCUT2D eigenvalue weighted by Crippen LogP contribution is -2.01. The molecule has 0 saturated heterocycles. The molecule has 0 saturated carbocycles. The van der Waals surface area contributed by atoms with Gasteiger partial charge in [0.2, 0.25) is 9.84 Å². The first-order valence-corrected chi connectivity index (χ1v) is 11.6. The molecule has 0 N–H and O–H groups in total. The highest BCUT2D eigenvalue weighted by Crippen LogP contribution is 2.30. The maximum atomic E-state index is 13.0. The minimum atomic E-state index is -3.69. The third-order valence-electron chi connectivity index (χ3n) is 4.82. The first-order chi connectivity index (χ1) is 16.0. The summed E-state index contributed by atoms with van der Waals surface area (Å²) in [6.45, 7) is 0. The highest BCUT2D eigenvalue weighted by atomic mass is 32.2. The molecule has 4 rings (SSSR count). The van der Waals surface area contributed by atoms with Gasteiger partial charge in [0.25, 0.3) is 0 Å². The molecule has 0 aliphatic carbocycles. The molecule has 0 heterocycles. The van der Waals surface area contributed by atoms with Gasteiger partial charge in [0, 0.05) is 12.1 Å². The van der Waals surface area contributed by atoms with Crippen LogP contribution < -0.4 is 18.9 Å². The normalized spacial score (nSPS) is 11.0. The molecular weight excluding hydrogens is 440 g/mol. The molecule has 0 unspecified atom stereocenters. The Balaban J connectivity index is 1.48. The lowest BCUT2D eigenvalue weighted by molar-refractivity contribution is 0.409. The molecule has 0 spiro atoms. The molecule has 168 valence electrons. The smallest absolute Gasteiger partial charge is 0.206 e. The average Bonchev–Trinajstić information content (AvgIpc) is 2.85. The van der Waals surface area contributed by atoms with Gasteiger partial charge in [0.05, 0.1) is 24.0 Å². The maximum Gasteiger partial charge on any atom is 0.206 e. The van der Waals surface area contributed by atoms with Crippen molar-refractivity contribution in [2.24, 2.45) is 0 Å². The second kappa shape index (κ2) is 9.67. The van der Waals surface area contributed by atoms with Crippen molar-refractivity contribution in [1.29, 1.82) is 0 Å². The molecule has 4 aromatic rings. The summed E-state index contributed by atoms with van der Waals surface area (Å²) in [6.07, 6.45) is 0. The maximum absolute atomic E-state index is 13.0. The van der Waals surface area contributed by atoms with Crippen LogP contribution in [-0.2, 0) is 9.84 Å². The van der Waals surface area contributed by atoms with Crippen LogP contribution in [0, 0.1) is 0 Å². The van der Waals surface area contributed by atoms with Crippen LogP contribution in [0.1, 0.15) is 0 Å². The molecule has 4 aromatic carbocycles. The van der Waals surface area contributed by atoms with Crippen LogP contribution >= 0.6 is 0 Å². The van der Waals surface area contributed by atoms with Crippen molar-refractivity contribution in [1.82, 2.24) is 0 Å². The molecule has 0 fully saturated rings. The highest BCUT2D eigenvalue weighted by Gasteiger charge is 2.18. The zero-order valence-electron chi connectivity index (χ0n) is 18.1. The summed E-state index contributed by atoms with van der Waals surface area (Å²) in [5.41, 5.74) is 0. The Morgan fingerprint density at radius 1 is 0.485 bits per heavy atom. The predicted molar refractivity (Wildman–Crippen MR) is 124 cm³/mol. The number of hydrogen-bond acceptors (Lipinski definition) is 6. The molecule has 0 radical (unpaired) electrons. The molecule has 7 heteroatoms. The first kappa shape index (κ1) is 22.2. The number of methoxy groups -OCH3 is 2. The molecule has 33 heavy (non-hydrogen) atoms. The van der Waals surface area contributed by atoms with E-state index in [0.717, 1.165) is 0 Å². The summed E-state index contributed by atoms with van der Waals surface area (Å²) >= 11 is 0. The van der Waals surface area contributed by atoms with E-state index in [1.165, 1.54) is 24.3 Å². The van der Waals surface area contributed by atoms with Crippen molar-refractivity contribution in [2.75, 3.05) is 14.2 Å². The monoisotopic (exact) mass is 462 g/mol. The quantitative estimate of drug-likeness (QED) is 0.314. The van der Waals surface area contributed by atoms with E-state index < -0.39 is 9.84 Å². The van der Waals surface area contributed by atoms with E-state index >= 15 is 0 Å². The van der Waals surface area contributed by atoms with Gasteiger partial charge in [-0.25, -0.2) is 8.42 Å². The second-order valence-corrected chi connectivity index (χ2v) is 8.96. The number of ether oxygens (including phenoxy) is 4. The van der Waals surface area contributed by atoms with E-state index in [1.54, 1.807) is 62.8 Å². The fourth-order valence-electron chi connectivity index (χ4n) is 3.11. The summed E-state index contributed by atoms with van der Waals surface area (Å²) < 4.78 is 48.0. The summed E-state index contributed by atoms with van der Waals surface area (Å²) in [5.74, 6) is 3.57. The van der Waals surface area contributed by atoms with Crippen LogP contribution in [0.4, 0.5) is 0 Å². The number of rotatable bonds is 8. The van der Waals surface area contributed by atoms with E-state index in [4.69, 9.17) is 18.9 Å². The summed E-state index contributed by atoms with van der Waals surface area (Å²) in [6, 6.07) is 26.9. The lowest BCUT2D eigenvalue weighted by atomic mass is 10.3. The van der Waals surface area contributed by atoms with Gasteiger partial charge in [-0.2, -0.15) is 0 Å². The van der Waals surface area contributed by atoms with Crippen LogP contribution in [0.2, 0.25) is 0 Å². The van der Waals surface area contributed by atoms with E-state index in [9.17, 15) is 8.42 Å². The Morgan fingerprint density at radius 3 is 1.21 bits per heavy atom. The number of benzene rings is 4. The van der Waals surface area contributed by atoms with Crippen LogP contribution in [-0.4, -0.2) is 22.6 Å². The zero-order chi connectivity index (χ0) is 23.3. The summed E-state index contributed by atoms with van der Waals surface area (Å²) in [7, 11) is -0.531. The summed E-state index contributed by atoms with van der Waals surface area (Å²) in [4.78, 5) is 0.337. The fourth-order valence-corrected chi connectivity index (χ4v) is 4.37. The predicted octanol–water partition coefficient (Wildman–Crippen LogP) is 6.12. The van der Waals surface area contributed by atoms with Crippen LogP contribution in [0.3, 0.4) is 0 Å². The Morgan fingerprint density at radius 2 is 0.848 bits per heavy atom. The molecule has 0 aliphatic rings. The SMILES string of the molecule is COc1cccc(Oc2ccc(S(=O)(=O)c3ccc(Oc4cccc(OC)c4)cc3)cc2)c1. The fraction of sp³-hybridized carbons (Fsp3) is 0.0769. The Hall–Kier alpha value is -3.97. The molecule has 0 amide bonds. The van der Waals surface area contributed by atoms with Gasteiger partial charge in [0.15, 0.2) is 0 Å². The Bertz CT molecular complexity index is 1230. The molecule has 6 nitrogen and oxygen atoms in total. The third-order valence-corrected chi connectivity index (χ3v) is 6.61. The molecule has 0 bridgehead atoms. The molecule has 0 atom stereocenters. The molecule has 0 aromatic heterocycles. The summed E-state index contributed by atoms with van der Waals surface area (Å²) in [5, 5.41) is 0. The van der Waals surface area contributed by atoms with E-state index in [-0.39, 0.29) is 9.79 Å². The second-order valence-electron chi connectivity index (χ2n) is 7.01. The van der Waals surface area contributed by atoms with Gasteiger partial charge in [0.1, 0.15) is 34.5 Å². The van der Waals surface area contributed by atoms with Gasteiger partial charge < -0.3 is 18.9 Å². The highest BCUT2D eigenvalue weighted by molar-refractivity contribution is 7.91. The minimum Gasteiger partial charge on any atom is -0.497 e.